The first-order valence-electron chi connectivity index (χ1n) is 5.81. The number of carboxylic acids is 1. The molecular formula is C12H21N3O2. The molecule has 0 aromatic carbocycles. The summed E-state index contributed by atoms with van der Waals surface area (Å²) in [4.78, 5) is 17.1. The van der Waals surface area contributed by atoms with Crippen LogP contribution in [0.25, 0.3) is 0 Å². The van der Waals surface area contributed by atoms with E-state index in [1.807, 2.05) is 43.4 Å². The Balaban J connectivity index is 2.83. The lowest BCUT2D eigenvalue weighted by atomic mass is 10.1. The van der Waals surface area contributed by atoms with Gasteiger partial charge in [-0.1, -0.05) is 0 Å². The Morgan fingerprint density at radius 1 is 1.53 bits per heavy atom. The minimum absolute atomic E-state index is 0.0279. The minimum atomic E-state index is -0.811. The lowest BCUT2D eigenvalue weighted by molar-refractivity contribution is -0.140. The largest absolute Gasteiger partial charge is 0.480 e. The van der Waals surface area contributed by atoms with E-state index in [9.17, 15) is 4.79 Å². The van der Waals surface area contributed by atoms with Crippen molar-refractivity contribution < 1.29 is 9.90 Å². The number of hydrogen-bond acceptors (Lipinski definition) is 3. The van der Waals surface area contributed by atoms with Crippen LogP contribution in [0.4, 0.5) is 0 Å². The first-order chi connectivity index (χ1) is 7.84. The molecule has 5 heteroatoms. The van der Waals surface area contributed by atoms with E-state index in [1.54, 1.807) is 6.20 Å². The second-order valence-electron chi connectivity index (χ2n) is 5.05. The molecule has 0 bridgehead atoms. The molecule has 5 nitrogen and oxygen atoms in total. The van der Waals surface area contributed by atoms with Crippen LogP contribution in [0.3, 0.4) is 0 Å². The van der Waals surface area contributed by atoms with E-state index >= 15 is 0 Å². The summed E-state index contributed by atoms with van der Waals surface area (Å²) in [6.07, 6.45) is 3.66. The highest BCUT2D eigenvalue weighted by Gasteiger charge is 2.24. The molecule has 1 rings (SSSR count). The third-order valence-corrected chi connectivity index (χ3v) is 2.75. The van der Waals surface area contributed by atoms with E-state index in [1.165, 1.54) is 0 Å². The highest BCUT2D eigenvalue weighted by molar-refractivity contribution is 5.69. The molecule has 0 unspecified atom stereocenters. The van der Waals surface area contributed by atoms with E-state index in [0.717, 1.165) is 12.4 Å². The van der Waals surface area contributed by atoms with Crippen molar-refractivity contribution in [1.82, 2.24) is 14.5 Å². The van der Waals surface area contributed by atoms with Crippen molar-refractivity contribution in [2.24, 2.45) is 0 Å². The molecule has 0 spiro atoms. The van der Waals surface area contributed by atoms with Crippen LogP contribution in [0.2, 0.25) is 0 Å². The summed E-state index contributed by atoms with van der Waals surface area (Å²) in [5, 5.41) is 8.93. The zero-order valence-corrected chi connectivity index (χ0v) is 11.0. The average Bonchev–Trinajstić information content (AvgIpc) is 2.62. The van der Waals surface area contributed by atoms with Crippen molar-refractivity contribution in [3.05, 3.63) is 18.2 Å². The fourth-order valence-corrected chi connectivity index (χ4v) is 1.64. The summed E-state index contributed by atoms with van der Waals surface area (Å²) in [5.74, 6) is 0.0956. The lowest BCUT2D eigenvalue weighted by Crippen LogP contribution is -2.44. The molecule has 1 aromatic heterocycles. The maximum absolute atomic E-state index is 10.9. The van der Waals surface area contributed by atoms with Crippen LogP contribution >= 0.6 is 0 Å². The van der Waals surface area contributed by atoms with Crippen LogP contribution in [-0.2, 0) is 17.9 Å². The standard InChI is InChI=1S/C12H21N3O2/c1-5-14-7-6-13-10(14)8-15(9-11(16)17)12(2,3)4/h6-7H,5,8-9H2,1-4H3,(H,16,17). The van der Waals surface area contributed by atoms with Gasteiger partial charge in [0.2, 0.25) is 0 Å². The molecule has 1 aromatic rings. The van der Waals surface area contributed by atoms with Gasteiger partial charge in [0.05, 0.1) is 13.1 Å². The van der Waals surface area contributed by atoms with Crippen LogP contribution in [0.5, 0.6) is 0 Å². The number of imidazole rings is 1. The number of nitrogens with zero attached hydrogens (tertiary/aromatic N) is 3. The van der Waals surface area contributed by atoms with Crippen molar-refractivity contribution in [2.45, 2.75) is 46.3 Å². The molecule has 0 aliphatic heterocycles. The van der Waals surface area contributed by atoms with Crippen LogP contribution in [-0.4, -0.2) is 37.6 Å². The maximum Gasteiger partial charge on any atom is 0.317 e. The van der Waals surface area contributed by atoms with E-state index in [2.05, 4.69) is 4.98 Å². The predicted molar refractivity (Wildman–Crippen MR) is 65.7 cm³/mol. The van der Waals surface area contributed by atoms with Crippen molar-refractivity contribution in [3.8, 4) is 0 Å². The zero-order chi connectivity index (χ0) is 13.1. The van der Waals surface area contributed by atoms with Crippen LogP contribution in [0, 0.1) is 0 Å². The van der Waals surface area contributed by atoms with E-state index < -0.39 is 5.97 Å². The van der Waals surface area contributed by atoms with Gasteiger partial charge in [-0.15, -0.1) is 0 Å². The van der Waals surface area contributed by atoms with Gasteiger partial charge in [0.15, 0.2) is 0 Å². The molecule has 0 fully saturated rings. The van der Waals surface area contributed by atoms with Crippen LogP contribution in [0.1, 0.15) is 33.5 Å². The Labute approximate surface area is 102 Å². The number of aromatic nitrogens is 2. The second kappa shape index (κ2) is 5.31. The molecule has 0 aliphatic carbocycles. The maximum atomic E-state index is 10.9. The second-order valence-corrected chi connectivity index (χ2v) is 5.05. The smallest absolute Gasteiger partial charge is 0.317 e. The summed E-state index contributed by atoms with van der Waals surface area (Å²) >= 11 is 0. The van der Waals surface area contributed by atoms with Crippen molar-refractivity contribution in [3.63, 3.8) is 0 Å². The third kappa shape index (κ3) is 3.85. The first kappa shape index (κ1) is 13.7. The molecule has 0 saturated carbocycles. The summed E-state index contributed by atoms with van der Waals surface area (Å²) < 4.78 is 2.03. The molecule has 0 radical (unpaired) electrons. The fourth-order valence-electron chi connectivity index (χ4n) is 1.64. The van der Waals surface area contributed by atoms with Gasteiger partial charge in [0.25, 0.3) is 0 Å². The van der Waals surface area contributed by atoms with Gasteiger partial charge in [-0.2, -0.15) is 0 Å². The zero-order valence-electron chi connectivity index (χ0n) is 11.0. The van der Waals surface area contributed by atoms with E-state index in [-0.39, 0.29) is 12.1 Å². The summed E-state index contributed by atoms with van der Waals surface area (Å²) in [6.45, 7) is 9.50. The van der Waals surface area contributed by atoms with Crippen molar-refractivity contribution in [1.29, 1.82) is 0 Å². The Kier molecular flexibility index (Phi) is 4.28. The monoisotopic (exact) mass is 239 g/mol. The topological polar surface area (TPSA) is 58.4 Å². The fraction of sp³-hybridized carbons (Fsp3) is 0.667. The average molecular weight is 239 g/mol. The van der Waals surface area contributed by atoms with Gasteiger partial charge in [-0.3, -0.25) is 9.69 Å². The molecule has 0 aliphatic rings. The van der Waals surface area contributed by atoms with Gasteiger partial charge < -0.3 is 9.67 Å². The molecule has 0 atom stereocenters. The quantitative estimate of drug-likeness (QED) is 0.847. The molecule has 0 amide bonds. The normalized spacial score (nSPS) is 12.1. The summed E-state index contributed by atoms with van der Waals surface area (Å²) in [6, 6.07) is 0. The Bertz CT molecular complexity index is 379. The summed E-state index contributed by atoms with van der Waals surface area (Å²) in [7, 11) is 0. The number of aliphatic carboxylic acids is 1. The lowest BCUT2D eigenvalue weighted by Gasteiger charge is -2.34. The molecule has 1 N–H and O–H groups in total. The molecule has 0 saturated heterocycles. The van der Waals surface area contributed by atoms with Gasteiger partial charge in [0, 0.05) is 24.5 Å². The van der Waals surface area contributed by atoms with Crippen LogP contribution in [0.15, 0.2) is 12.4 Å². The Morgan fingerprint density at radius 2 is 2.18 bits per heavy atom. The van der Waals surface area contributed by atoms with E-state index in [4.69, 9.17) is 5.11 Å². The highest BCUT2D eigenvalue weighted by atomic mass is 16.4. The van der Waals surface area contributed by atoms with Gasteiger partial charge in [-0.25, -0.2) is 4.98 Å². The van der Waals surface area contributed by atoms with Gasteiger partial charge >= 0.3 is 5.97 Å². The van der Waals surface area contributed by atoms with Crippen LogP contribution < -0.4 is 0 Å². The predicted octanol–water partition coefficient (Wildman–Crippen LogP) is 1.59. The molecule has 1 heterocycles. The molecule has 17 heavy (non-hydrogen) atoms. The number of aryl methyl sites for hydroxylation is 1. The van der Waals surface area contributed by atoms with Gasteiger partial charge in [-0.05, 0) is 27.7 Å². The Morgan fingerprint density at radius 3 is 2.65 bits per heavy atom. The SMILES string of the molecule is CCn1ccnc1CN(CC(=O)O)C(C)(C)C. The third-order valence-electron chi connectivity index (χ3n) is 2.75. The first-order valence-corrected chi connectivity index (χ1v) is 5.81. The molecular weight excluding hydrogens is 218 g/mol. The number of hydrogen-bond donors (Lipinski definition) is 1. The number of rotatable bonds is 5. The van der Waals surface area contributed by atoms with Gasteiger partial charge in [0.1, 0.15) is 5.82 Å². The number of carbonyl (C=O) groups is 1. The highest BCUT2D eigenvalue weighted by Crippen LogP contribution is 2.16. The summed E-state index contributed by atoms with van der Waals surface area (Å²) in [5.41, 5.74) is -0.192. The number of carboxylic acid groups (broad SMARTS) is 1. The Hall–Kier alpha value is -1.36. The van der Waals surface area contributed by atoms with E-state index in [0.29, 0.717) is 6.54 Å². The van der Waals surface area contributed by atoms with Crippen molar-refractivity contribution >= 4 is 5.97 Å². The molecule has 96 valence electrons. The van der Waals surface area contributed by atoms with Crippen molar-refractivity contribution in [2.75, 3.05) is 6.54 Å². The minimum Gasteiger partial charge on any atom is -0.480 e.